The molecule has 1 atom stereocenters. The lowest BCUT2D eigenvalue weighted by atomic mass is 10.4. The molecule has 0 aromatic rings. The van der Waals surface area contributed by atoms with Crippen LogP contribution in [0.15, 0.2) is 0 Å². The third-order valence-electron chi connectivity index (χ3n) is 0.648. The standard InChI is InChI=1S/C4H8NO2S2/c1-8-9-2-3(5)4(6)7/h3H,1-2,5H2,(H,6,7). The average Bonchev–Trinajstić information content (AvgIpc) is 1.82. The van der Waals surface area contributed by atoms with E-state index in [1.54, 1.807) is 0 Å². The molecule has 9 heavy (non-hydrogen) atoms. The zero-order valence-corrected chi connectivity index (χ0v) is 6.37. The van der Waals surface area contributed by atoms with E-state index in [1.807, 2.05) is 0 Å². The van der Waals surface area contributed by atoms with E-state index in [-0.39, 0.29) is 0 Å². The number of carboxylic acid groups (broad SMARTS) is 1. The Morgan fingerprint density at radius 1 is 1.89 bits per heavy atom. The van der Waals surface area contributed by atoms with Crippen molar-refractivity contribution in [2.24, 2.45) is 5.73 Å². The van der Waals surface area contributed by atoms with E-state index in [4.69, 9.17) is 10.8 Å². The first-order valence-corrected chi connectivity index (χ1v) is 4.69. The van der Waals surface area contributed by atoms with Crippen molar-refractivity contribution in [2.45, 2.75) is 6.04 Å². The molecule has 0 bridgehead atoms. The molecule has 0 aromatic carbocycles. The van der Waals surface area contributed by atoms with Crippen LogP contribution in [0, 0.1) is 6.26 Å². The van der Waals surface area contributed by atoms with Gasteiger partial charge in [-0.3, -0.25) is 4.79 Å². The SMILES string of the molecule is [CH2]SSCC(N)C(=O)O. The Morgan fingerprint density at radius 2 is 2.44 bits per heavy atom. The highest BCUT2D eigenvalue weighted by Gasteiger charge is 2.09. The Morgan fingerprint density at radius 3 is 2.78 bits per heavy atom. The van der Waals surface area contributed by atoms with Crippen molar-refractivity contribution in [2.75, 3.05) is 5.75 Å². The van der Waals surface area contributed by atoms with Crippen molar-refractivity contribution < 1.29 is 9.90 Å². The second-order valence-electron chi connectivity index (χ2n) is 1.35. The molecule has 0 aliphatic heterocycles. The van der Waals surface area contributed by atoms with Crippen LogP contribution >= 0.6 is 21.6 Å². The molecule has 3 N–H and O–H groups in total. The Labute approximate surface area is 61.8 Å². The fraction of sp³-hybridized carbons (Fsp3) is 0.500. The lowest BCUT2D eigenvalue weighted by Gasteiger charge is -2.01. The molecule has 0 spiro atoms. The fourth-order valence-corrected chi connectivity index (χ4v) is 1.31. The number of carbonyl (C=O) groups is 1. The van der Waals surface area contributed by atoms with Crippen molar-refractivity contribution in [1.82, 2.24) is 0 Å². The molecule has 1 unspecified atom stereocenters. The zero-order chi connectivity index (χ0) is 7.28. The van der Waals surface area contributed by atoms with Gasteiger partial charge in [-0.15, -0.1) is 0 Å². The highest BCUT2D eigenvalue weighted by molar-refractivity contribution is 8.77. The summed E-state index contributed by atoms with van der Waals surface area (Å²) in [5.74, 6) is -0.555. The second-order valence-corrected chi connectivity index (χ2v) is 3.57. The number of aliphatic carboxylic acids is 1. The fourth-order valence-electron chi connectivity index (χ4n) is 0.193. The third-order valence-corrected chi connectivity index (χ3v) is 2.22. The first kappa shape index (κ1) is 9.13. The number of hydrogen-bond acceptors (Lipinski definition) is 4. The summed E-state index contributed by atoms with van der Waals surface area (Å²) >= 11 is 0. The molecule has 0 aromatic heterocycles. The first-order chi connectivity index (χ1) is 4.18. The third kappa shape index (κ3) is 4.62. The van der Waals surface area contributed by atoms with Crippen LogP contribution in [0.25, 0.3) is 0 Å². The maximum absolute atomic E-state index is 10.0. The van der Waals surface area contributed by atoms with Gasteiger partial charge in [-0.25, -0.2) is 0 Å². The predicted molar refractivity (Wildman–Crippen MR) is 41.0 cm³/mol. The lowest BCUT2D eigenvalue weighted by Crippen LogP contribution is -2.32. The zero-order valence-electron chi connectivity index (χ0n) is 4.74. The summed E-state index contributed by atoms with van der Waals surface area (Å²) in [5, 5.41) is 8.24. The number of carboxylic acids is 1. The van der Waals surface area contributed by atoms with E-state index in [9.17, 15) is 4.79 Å². The minimum Gasteiger partial charge on any atom is -0.480 e. The Bertz CT molecular complexity index is 98.6. The molecule has 5 heteroatoms. The van der Waals surface area contributed by atoms with Gasteiger partial charge < -0.3 is 10.8 Å². The van der Waals surface area contributed by atoms with Gasteiger partial charge in [0, 0.05) is 12.0 Å². The van der Waals surface area contributed by atoms with Crippen LogP contribution in [0.3, 0.4) is 0 Å². The Balaban J connectivity index is 3.27. The first-order valence-electron chi connectivity index (χ1n) is 2.20. The summed E-state index contributed by atoms with van der Waals surface area (Å²) in [6, 6.07) is -0.760. The Hall–Kier alpha value is 0.130. The van der Waals surface area contributed by atoms with Gasteiger partial charge in [0.1, 0.15) is 6.04 Å². The van der Waals surface area contributed by atoms with Gasteiger partial charge in [0.15, 0.2) is 0 Å². The average molecular weight is 166 g/mol. The second kappa shape index (κ2) is 4.96. The van der Waals surface area contributed by atoms with E-state index >= 15 is 0 Å². The van der Waals surface area contributed by atoms with E-state index in [0.717, 1.165) is 0 Å². The summed E-state index contributed by atoms with van der Waals surface area (Å²) in [6.45, 7) is 0. The van der Waals surface area contributed by atoms with Crippen LogP contribution < -0.4 is 5.73 Å². The van der Waals surface area contributed by atoms with Gasteiger partial charge in [-0.05, 0) is 0 Å². The maximum Gasteiger partial charge on any atom is 0.321 e. The smallest absolute Gasteiger partial charge is 0.321 e. The number of rotatable bonds is 4. The monoisotopic (exact) mass is 166 g/mol. The minimum atomic E-state index is -0.962. The molecule has 0 rings (SSSR count). The predicted octanol–water partition coefficient (Wildman–Crippen LogP) is 0.571. The largest absolute Gasteiger partial charge is 0.480 e. The Kier molecular flexibility index (Phi) is 5.03. The van der Waals surface area contributed by atoms with Crippen molar-refractivity contribution in [3.63, 3.8) is 0 Å². The van der Waals surface area contributed by atoms with Gasteiger partial charge >= 0.3 is 5.97 Å². The van der Waals surface area contributed by atoms with Crippen molar-refractivity contribution in [1.29, 1.82) is 0 Å². The molecule has 0 saturated heterocycles. The van der Waals surface area contributed by atoms with Crippen molar-refractivity contribution in [3.8, 4) is 0 Å². The van der Waals surface area contributed by atoms with Crippen LogP contribution in [0.2, 0.25) is 0 Å². The summed E-state index contributed by atoms with van der Waals surface area (Å²) in [4.78, 5) is 10.0. The molecule has 0 aliphatic carbocycles. The van der Waals surface area contributed by atoms with Crippen molar-refractivity contribution in [3.05, 3.63) is 6.26 Å². The molecular formula is C4H8NO2S2. The maximum atomic E-state index is 10.0. The quantitative estimate of drug-likeness (QED) is 0.598. The van der Waals surface area contributed by atoms with Gasteiger partial charge in [-0.2, -0.15) is 0 Å². The molecule has 0 fully saturated rings. The normalized spacial score (nSPS) is 13.1. The van der Waals surface area contributed by atoms with E-state index < -0.39 is 12.0 Å². The van der Waals surface area contributed by atoms with Crippen LogP contribution in [-0.2, 0) is 4.79 Å². The van der Waals surface area contributed by atoms with E-state index in [2.05, 4.69) is 6.26 Å². The van der Waals surface area contributed by atoms with Crippen molar-refractivity contribution >= 4 is 27.6 Å². The van der Waals surface area contributed by atoms with Gasteiger partial charge in [0.2, 0.25) is 0 Å². The summed E-state index contributed by atoms with van der Waals surface area (Å²) < 4.78 is 0. The van der Waals surface area contributed by atoms with Crippen LogP contribution in [-0.4, -0.2) is 22.9 Å². The molecule has 1 radical (unpaired) electrons. The molecule has 0 saturated carbocycles. The van der Waals surface area contributed by atoms with E-state index in [1.165, 1.54) is 21.6 Å². The molecule has 53 valence electrons. The molecule has 0 heterocycles. The van der Waals surface area contributed by atoms with Crippen LogP contribution in [0.4, 0.5) is 0 Å². The summed E-state index contributed by atoms with van der Waals surface area (Å²) in [7, 11) is 2.61. The summed E-state index contributed by atoms with van der Waals surface area (Å²) in [6.07, 6.45) is 3.45. The highest BCUT2D eigenvalue weighted by Crippen LogP contribution is 2.18. The lowest BCUT2D eigenvalue weighted by molar-refractivity contribution is -0.137. The number of hydrogen-bond donors (Lipinski definition) is 2. The highest BCUT2D eigenvalue weighted by atomic mass is 33.1. The van der Waals surface area contributed by atoms with E-state index in [0.29, 0.717) is 5.75 Å². The van der Waals surface area contributed by atoms with Gasteiger partial charge in [0.25, 0.3) is 0 Å². The van der Waals surface area contributed by atoms with Gasteiger partial charge in [-0.1, -0.05) is 21.6 Å². The molecule has 3 nitrogen and oxygen atoms in total. The molecular weight excluding hydrogens is 158 g/mol. The van der Waals surface area contributed by atoms with Crippen LogP contribution in [0.1, 0.15) is 0 Å². The molecule has 0 aliphatic rings. The van der Waals surface area contributed by atoms with Crippen LogP contribution in [0.5, 0.6) is 0 Å². The number of nitrogens with two attached hydrogens (primary N) is 1. The minimum absolute atomic E-state index is 0.406. The topological polar surface area (TPSA) is 63.3 Å². The van der Waals surface area contributed by atoms with Gasteiger partial charge in [0.05, 0.1) is 0 Å². The summed E-state index contributed by atoms with van der Waals surface area (Å²) in [5.41, 5.74) is 5.14. The molecule has 0 amide bonds.